The number of ether oxygens (including phenoxy) is 4. The lowest BCUT2D eigenvalue weighted by atomic mass is 10.1. The van der Waals surface area contributed by atoms with Crippen molar-refractivity contribution < 1.29 is 33.3 Å². The van der Waals surface area contributed by atoms with Crippen LogP contribution in [0.1, 0.15) is 53.5 Å². The van der Waals surface area contributed by atoms with Gasteiger partial charge in [0.15, 0.2) is 0 Å². The van der Waals surface area contributed by atoms with Crippen LogP contribution in [0.4, 0.5) is 9.59 Å². The first kappa shape index (κ1) is 25.4. The third-order valence-electron chi connectivity index (χ3n) is 3.58. The predicted molar refractivity (Wildman–Crippen MR) is 111 cm³/mol. The number of nitrogens with zero attached hydrogens (tertiary/aromatic N) is 1. The van der Waals surface area contributed by atoms with E-state index in [2.05, 4.69) is 0 Å². The van der Waals surface area contributed by atoms with E-state index in [1.807, 2.05) is 18.2 Å². The van der Waals surface area contributed by atoms with Crippen molar-refractivity contribution in [2.75, 3.05) is 13.7 Å². The van der Waals surface area contributed by atoms with Crippen LogP contribution in [0.15, 0.2) is 30.3 Å². The van der Waals surface area contributed by atoms with Gasteiger partial charge in [0.2, 0.25) is 0 Å². The van der Waals surface area contributed by atoms with Crippen molar-refractivity contribution in [1.82, 2.24) is 4.90 Å². The molecule has 0 aliphatic rings. The molecule has 168 valence electrons. The molecule has 0 heterocycles. The number of carbonyl (C=O) groups is 3. The monoisotopic (exact) mass is 423 g/mol. The minimum atomic E-state index is -1.27. The summed E-state index contributed by atoms with van der Waals surface area (Å²) in [5.41, 5.74) is -0.980. The van der Waals surface area contributed by atoms with Crippen molar-refractivity contribution in [3.63, 3.8) is 0 Å². The van der Waals surface area contributed by atoms with E-state index >= 15 is 0 Å². The molecule has 0 saturated carbocycles. The summed E-state index contributed by atoms with van der Waals surface area (Å²) in [7, 11) is 1.46. The summed E-state index contributed by atoms with van der Waals surface area (Å²) < 4.78 is 21.1. The Morgan fingerprint density at radius 3 is 1.83 bits per heavy atom. The summed E-state index contributed by atoms with van der Waals surface area (Å²) in [5.74, 6) is -0.757. The summed E-state index contributed by atoms with van der Waals surface area (Å²) in [6.45, 7) is 10.1. The first-order chi connectivity index (χ1) is 13.8. The number of benzene rings is 1. The van der Waals surface area contributed by atoms with Crippen LogP contribution in [0.25, 0.3) is 0 Å². The Bertz CT molecular complexity index is 676. The molecule has 1 rings (SSSR count). The first-order valence-electron chi connectivity index (χ1n) is 9.79. The minimum Gasteiger partial charge on any atom is -0.459 e. The van der Waals surface area contributed by atoms with Crippen molar-refractivity contribution in [2.45, 2.75) is 71.8 Å². The molecule has 0 fully saturated rings. The smallest absolute Gasteiger partial charge is 0.420 e. The number of esters is 1. The number of rotatable bonds is 7. The van der Waals surface area contributed by atoms with Crippen molar-refractivity contribution >= 4 is 18.2 Å². The standard InChI is InChI=1S/C22H33NO7/c1-21(2,3)29-19(25)23(20(26)30-22(4,5)6)17(13-14-27-7)18(24)28-15-16-11-9-8-10-12-16/h8-12,17H,13-15H2,1-7H3/t17-/m1/s1. The zero-order chi connectivity index (χ0) is 22.9. The fourth-order valence-electron chi connectivity index (χ4n) is 2.36. The molecule has 0 aromatic heterocycles. The number of amides is 2. The fourth-order valence-corrected chi connectivity index (χ4v) is 2.36. The molecule has 2 amide bonds. The van der Waals surface area contributed by atoms with E-state index in [9.17, 15) is 14.4 Å². The maximum Gasteiger partial charge on any atom is 0.420 e. The molecule has 0 aliphatic heterocycles. The molecule has 30 heavy (non-hydrogen) atoms. The maximum absolute atomic E-state index is 12.9. The van der Waals surface area contributed by atoms with Crippen molar-refractivity contribution in [2.24, 2.45) is 0 Å². The quantitative estimate of drug-likeness (QED) is 0.477. The highest BCUT2D eigenvalue weighted by Crippen LogP contribution is 2.19. The van der Waals surface area contributed by atoms with Crippen molar-refractivity contribution in [3.8, 4) is 0 Å². The van der Waals surface area contributed by atoms with Crippen molar-refractivity contribution in [1.29, 1.82) is 0 Å². The molecule has 8 heteroatoms. The van der Waals surface area contributed by atoms with E-state index in [1.165, 1.54) is 7.11 Å². The van der Waals surface area contributed by atoms with Gasteiger partial charge in [0, 0.05) is 20.1 Å². The van der Waals surface area contributed by atoms with Gasteiger partial charge in [-0.3, -0.25) is 0 Å². The fraction of sp³-hybridized carbons (Fsp3) is 0.591. The van der Waals surface area contributed by atoms with Crippen LogP contribution in [0.3, 0.4) is 0 Å². The first-order valence-corrected chi connectivity index (χ1v) is 9.79. The van der Waals surface area contributed by atoms with Crippen LogP contribution >= 0.6 is 0 Å². The summed E-state index contributed by atoms with van der Waals surface area (Å²) >= 11 is 0. The van der Waals surface area contributed by atoms with Gasteiger partial charge < -0.3 is 18.9 Å². The summed E-state index contributed by atoms with van der Waals surface area (Å²) in [4.78, 5) is 39.2. The second-order valence-corrected chi connectivity index (χ2v) is 8.72. The molecular formula is C22H33NO7. The van der Waals surface area contributed by atoms with E-state index in [-0.39, 0.29) is 19.6 Å². The third kappa shape index (κ3) is 9.26. The molecule has 0 radical (unpaired) electrons. The molecule has 8 nitrogen and oxygen atoms in total. The molecule has 1 aromatic carbocycles. The number of hydrogen-bond donors (Lipinski definition) is 0. The van der Waals surface area contributed by atoms with E-state index in [1.54, 1.807) is 53.7 Å². The number of methoxy groups -OCH3 is 1. The summed E-state index contributed by atoms with van der Waals surface area (Å²) in [6, 6.07) is 7.82. The van der Waals surface area contributed by atoms with Crippen LogP contribution < -0.4 is 0 Å². The van der Waals surface area contributed by atoms with E-state index in [0.29, 0.717) is 4.90 Å². The minimum absolute atomic E-state index is 0.000365. The summed E-state index contributed by atoms with van der Waals surface area (Å²) in [5, 5.41) is 0. The molecule has 0 bridgehead atoms. The van der Waals surface area contributed by atoms with E-state index in [0.717, 1.165) is 5.56 Å². The Kier molecular flexibility index (Phi) is 9.29. The third-order valence-corrected chi connectivity index (χ3v) is 3.58. The van der Waals surface area contributed by atoms with Crippen LogP contribution in [-0.4, -0.2) is 54.0 Å². The van der Waals surface area contributed by atoms with Crippen molar-refractivity contribution in [3.05, 3.63) is 35.9 Å². The molecule has 1 aromatic rings. The molecule has 0 saturated heterocycles. The maximum atomic E-state index is 12.9. The van der Waals surface area contributed by atoms with E-state index < -0.39 is 35.4 Å². The van der Waals surface area contributed by atoms with Gasteiger partial charge in [-0.15, -0.1) is 0 Å². The topological polar surface area (TPSA) is 91.4 Å². The zero-order valence-electron chi connectivity index (χ0n) is 18.9. The lowest BCUT2D eigenvalue weighted by molar-refractivity contribution is -0.151. The molecular weight excluding hydrogens is 390 g/mol. The van der Waals surface area contributed by atoms with Crippen LogP contribution in [-0.2, 0) is 30.3 Å². The summed E-state index contributed by atoms with van der Waals surface area (Å²) in [6.07, 6.45) is -1.95. The normalized spacial score (nSPS) is 12.6. The van der Waals surface area contributed by atoms with Gasteiger partial charge in [-0.25, -0.2) is 14.4 Å². The van der Waals surface area contributed by atoms with Gasteiger partial charge in [-0.1, -0.05) is 30.3 Å². The lowest BCUT2D eigenvalue weighted by Crippen LogP contribution is -2.52. The molecule has 0 aliphatic carbocycles. The SMILES string of the molecule is COCC[C@H](C(=O)OCc1ccccc1)N(C(=O)OC(C)(C)C)C(=O)OC(C)(C)C. The highest BCUT2D eigenvalue weighted by atomic mass is 16.6. The molecule has 0 spiro atoms. The van der Waals surface area contributed by atoms with Gasteiger partial charge in [0.05, 0.1) is 0 Å². The average Bonchev–Trinajstić information content (AvgIpc) is 2.60. The number of carbonyl (C=O) groups excluding carboxylic acids is 3. The predicted octanol–water partition coefficient (Wildman–Crippen LogP) is 4.31. The van der Waals surface area contributed by atoms with Crippen LogP contribution in [0.5, 0.6) is 0 Å². The van der Waals surface area contributed by atoms with Gasteiger partial charge in [0.25, 0.3) is 0 Å². The molecule has 0 N–H and O–H groups in total. The Labute approximate surface area is 178 Å². The Morgan fingerprint density at radius 2 is 1.40 bits per heavy atom. The van der Waals surface area contributed by atoms with Gasteiger partial charge >= 0.3 is 18.2 Å². The zero-order valence-corrected chi connectivity index (χ0v) is 18.9. The highest BCUT2D eigenvalue weighted by molar-refractivity contribution is 5.94. The number of imide groups is 1. The van der Waals surface area contributed by atoms with E-state index in [4.69, 9.17) is 18.9 Å². The van der Waals surface area contributed by atoms with Gasteiger partial charge in [-0.2, -0.15) is 4.90 Å². The van der Waals surface area contributed by atoms with Crippen LogP contribution in [0, 0.1) is 0 Å². The Morgan fingerprint density at radius 1 is 0.900 bits per heavy atom. The second-order valence-electron chi connectivity index (χ2n) is 8.72. The highest BCUT2D eigenvalue weighted by Gasteiger charge is 2.41. The molecule has 1 atom stereocenters. The van der Waals surface area contributed by atoms with Gasteiger partial charge in [0.1, 0.15) is 23.9 Å². The number of hydrogen-bond acceptors (Lipinski definition) is 7. The molecule has 0 unspecified atom stereocenters. The largest absolute Gasteiger partial charge is 0.459 e. The van der Waals surface area contributed by atoms with Gasteiger partial charge in [-0.05, 0) is 47.1 Å². The Balaban J connectivity index is 3.14. The second kappa shape index (κ2) is 11.0. The average molecular weight is 424 g/mol. The van der Waals surface area contributed by atoms with Crippen LogP contribution in [0.2, 0.25) is 0 Å². The lowest BCUT2D eigenvalue weighted by Gasteiger charge is -2.32. The Hall–Kier alpha value is -2.61.